The Hall–Kier alpha value is -5.42. The van der Waals surface area contributed by atoms with Gasteiger partial charge in [0.25, 0.3) is 0 Å². The molecule has 1 heterocycles. The largest absolute Gasteiger partial charge is 0.454 e. The van der Waals surface area contributed by atoms with Gasteiger partial charge in [0.1, 0.15) is 11.6 Å². The van der Waals surface area contributed by atoms with Crippen molar-refractivity contribution in [2.24, 2.45) is 22.3 Å². The van der Waals surface area contributed by atoms with Crippen molar-refractivity contribution in [2.45, 2.75) is 66.2 Å². The number of ketones is 1. The number of hydrazone groups is 1. The maximum absolute atomic E-state index is 15.8. The van der Waals surface area contributed by atoms with Crippen molar-refractivity contribution in [3.63, 3.8) is 0 Å². The third kappa shape index (κ3) is 8.67. The van der Waals surface area contributed by atoms with Crippen molar-refractivity contribution in [3.05, 3.63) is 115 Å². The van der Waals surface area contributed by atoms with Gasteiger partial charge in [0, 0.05) is 27.8 Å². The lowest BCUT2D eigenvalue weighted by Crippen LogP contribution is -2.49. The predicted octanol–water partition coefficient (Wildman–Crippen LogP) is 9.08. The number of imide groups is 1. The Balaban J connectivity index is 1.55. The van der Waals surface area contributed by atoms with Crippen molar-refractivity contribution < 1.29 is 27.9 Å². The van der Waals surface area contributed by atoms with E-state index >= 15 is 4.39 Å². The first-order valence-electron chi connectivity index (χ1n) is 16.9. The second-order valence-electron chi connectivity index (χ2n) is 13.0. The molecule has 0 radical (unpaired) electrons. The van der Waals surface area contributed by atoms with Crippen LogP contribution in [0.2, 0.25) is 0 Å². The number of ether oxygens (including phenoxy) is 1. The lowest BCUT2D eigenvalue weighted by molar-refractivity contribution is -0.135. The number of Topliss-reactive ketones (excluding diaryl/α,β-unsaturated/α-hetero) is 1. The van der Waals surface area contributed by atoms with Gasteiger partial charge >= 0.3 is 0 Å². The Morgan fingerprint density at radius 2 is 1.82 bits per heavy atom. The highest BCUT2D eigenvalue weighted by Crippen LogP contribution is 2.40. The van der Waals surface area contributed by atoms with Crippen LogP contribution in [0.3, 0.4) is 0 Å². The summed E-state index contributed by atoms with van der Waals surface area (Å²) in [5, 5.41) is 5.58. The van der Waals surface area contributed by atoms with Crippen LogP contribution in [0.25, 0.3) is 10.9 Å². The van der Waals surface area contributed by atoms with E-state index in [0.29, 0.717) is 47.2 Å². The molecule has 0 saturated heterocycles. The maximum atomic E-state index is 15.8. The number of aromatic nitrogens is 1. The molecule has 1 unspecified atom stereocenters. The molecule has 268 valence electrons. The third-order valence-corrected chi connectivity index (χ3v) is 9.18. The molecule has 3 N–H and O–H groups in total. The number of nitrogens with zero attached hydrogens (tertiary/aromatic N) is 3. The number of hydrazine groups is 1. The molecule has 9 nitrogen and oxygen atoms in total. The number of carbonyl (C=O) groups is 3. The smallest absolute Gasteiger partial charge is 0.239 e. The number of aromatic amines is 1. The fraction of sp³-hybridized carbons (Fsp3) is 0.300. The Kier molecular flexibility index (Phi) is 12.4. The summed E-state index contributed by atoms with van der Waals surface area (Å²) in [6, 6.07) is 8.91. The summed E-state index contributed by atoms with van der Waals surface area (Å²) in [4.78, 5) is 44.9. The van der Waals surface area contributed by atoms with Crippen LogP contribution >= 0.6 is 0 Å². The molecule has 4 rings (SSSR count). The molecule has 1 aromatic heterocycles. The number of allylic oxidation sites excluding steroid dienone is 6. The second kappa shape index (κ2) is 16.5. The van der Waals surface area contributed by atoms with E-state index in [0.717, 1.165) is 29.3 Å². The summed E-state index contributed by atoms with van der Waals surface area (Å²) in [6.07, 6.45) is 11.0. The van der Waals surface area contributed by atoms with Crippen LogP contribution in [0.15, 0.2) is 103 Å². The van der Waals surface area contributed by atoms with Crippen LogP contribution < -0.4 is 20.6 Å². The van der Waals surface area contributed by atoms with Crippen molar-refractivity contribution in [1.82, 2.24) is 4.98 Å². The fourth-order valence-corrected chi connectivity index (χ4v) is 5.90. The van der Waals surface area contributed by atoms with Crippen molar-refractivity contribution in [2.75, 3.05) is 10.0 Å². The lowest BCUT2D eigenvalue weighted by Gasteiger charge is -2.37. The number of rotatable bonds is 14. The SMILES string of the molecule is C=C/C=C\C(F)=C(/C=C)Oc1ccc(N(N)/N=C\C(=C)C(=O)c2cc3cc(F)c(N(C(=O)C(C)CC)C(=O)C4(C)CCCCC4)cc3[nH]2)c(C)c1. The number of aryl methyl sites for hydroxylation is 1. The van der Waals surface area contributed by atoms with Crippen LogP contribution in [0.1, 0.15) is 75.3 Å². The molecule has 2 aromatic carbocycles. The minimum absolute atomic E-state index is 0.0203. The zero-order chi connectivity index (χ0) is 37.5. The zero-order valence-corrected chi connectivity index (χ0v) is 29.6. The minimum atomic E-state index is -0.781. The number of amides is 2. The summed E-state index contributed by atoms with van der Waals surface area (Å²) >= 11 is 0. The quantitative estimate of drug-likeness (QED) is 0.0330. The molecule has 1 atom stereocenters. The molecule has 1 aliphatic carbocycles. The summed E-state index contributed by atoms with van der Waals surface area (Å²) < 4.78 is 35.7. The number of hydrogen-bond acceptors (Lipinski definition) is 7. The monoisotopic (exact) mass is 697 g/mol. The van der Waals surface area contributed by atoms with E-state index in [1.165, 1.54) is 48.7 Å². The number of benzene rings is 2. The second-order valence-corrected chi connectivity index (χ2v) is 13.0. The molecule has 1 fully saturated rings. The first-order valence-corrected chi connectivity index (χ1v) is 16.9. The van der Waals surface area contributed by atoms with E-state index < -0.39 is 40.6 Å². The van der Waals surface area contributed by atoms with Crippen LogP contribution in [-0.4, -0.2) is 28.8 Å². The average molecular weight is 698 g/mol. The summed E-state index contributed by atoms with van der Waals surface area (Å²) in [7, 11) is 0. The number of H-pyrrole nitrogens is 1. The topological polar surface area (TPSA) is 121 Å². The molecule has 3 aromatic rings. The standard InChI is InChI=1S/C40H45F2N5O4/c1-8-11-15-30(41)36(10-3)51-29-16-17-34(26(5)20-29)47(43)44-24-27(6)37(48)33-22-28-21-31(42)35(23-32(28)45-33)46(38(49)25(4)9-2)39(50)40(7)18-13-12-14-19-40/h8,10-11,15-17,20-25,45H,1,3,6,9,12-14,18-19,43H2,2,4-5,7H3/b15-11-,36-30-,44-24-. The van der Waals surface area contributed by atoms with Gasteiger partial charge in [0.05, 0.1) is 23.3 Å². The van der Waals surface area contributed by atoms with Crippen molar-refractivity contribution in [1.29, 1.82) is 0 Å². The van der Waals surface area contributed by atoms with Crippen molar-refractivity contribution in [3.8, 4) is 5.75 Å². The highest BCUT2D eigenvalue weighted by Gasteiger charge is 2.42. The Morgan fingerprint density at radius 3 is 2.45 bits per heavy atom. The third-order valence-electron chi connectivity index (χ3n) is 9.18. The van der Waals surface area contributed by atoms with Gasteiger partial charge in [-0.3, -0.25) is 14.4 Å². The van der Waals surface area contributed by atoms with E-state index in [1.807, 2.05) is 13.8 Å². The number of carbonyl (C=O) groups excluding carboxylic acids is 3. The zero-order valence-electron chi connectivity index (χ0n) is 29.6. The number of halogens is 2. The van der Waals surface area contributed by atoms with Crippen LogP contribution in [-0.2, 0) is 9.59 Å². The lowest BCUT2D eigenvalue weighted by atomic mass is 9.74. The molecule has 2 amide bonds. The minimum Gasteiger partial charge on any atom is -0.454 e. The first-order chi connectivity index (χ1) is 24.2. The van der Waals surface area contributed by atoms with Crippen molar-refractivity contribution >= 4 is 46.1 Å². The number of fused-ring (bicyclic) bond motifs is 1. The molecule has 0 bridgehead atoms. The molecule has 51 heavy (non-hydrogen) atoms. The molecular weight excluding hydrogens is 652 g/mol. The maximum Gasteiger partial charge on any atom is 0.239 e. The summed E-state index contributed by atoms with van der Waals surface area (Å²) in [6.45, 7) is 18.1. The predicted molar refractivity (Wildman–Crippen MR) is 200 cm³/mol. The Morgan fingerprint density at radius 1 is 1.12 bits per heavy atom. The highest BCUT2D eigenvalue weighted by atomic mass is 19.1. The van der Waals surface area contributed by atoms with Gasteiger partial charge in [-0.05, 0) is 80.3 Å². The molecule has 1 aliphatic rings. The van der Waals surface area contributed by atoms with E-state index in [4.69, 9.17) is 10.6 Å². The number of hydrogen-bond donors (Lipinski definition) is 2. The molecule has 1 saturated carbocycles. The highest BCUT2D eigenvalue weighted by molar-refractivity contribution is 6.21. The average Bonchev–Trinajstić information content (AvgIpc) is 3.53. The normalized spacial score (nSPS) is 15.4. The number of nitrogens with one attached hydrogen (secondary N) is 1. The van der Waals surface area contributed by atoms with E-state index in [9.17, 15) is 18.8 Å². The first kappa shape index (κ1) is 38.4. The van der Waals surface area contributed by atoms with Gasteiger partial charge in [0.2, 0.25) is 17.6 Å². The summed E-state index contributed by atoms with van der Waals surface area (Å²) in [5.41, 5.74) is 0.627. The Labute approximate surface area is 297 Å². The van der Waals surface area contributed by atoms with E-state index in [1.54, 1.807) is 32.0 Å². The van der Waals surface area contributed by atoms with Crippen LogP contribution in [0.4, 0.5) is 20.2 Å². The molecule has 0 aliphatic heterocycles. The van der Waals surface area contributed by atoms with Gasteiger partial charge in [-0.25, -0.2) is 19.5 Å². The van der Waals surface area contributed by atoms with E-state index in [2.05, 4.69) is 29.8 Å². The van der Waals surface area contributed by atoms with Gasteiger partial charge in [0.15, 0.2) is 11.6 Å². The number of anilines is 2. The number of nitrogens with two attached hydrogens (primary N) is 1. The van der Waals surface area contributed by atoms with Crippen LogP contribution in [0.5, 0.6) is 5.75 Å². The molecular formula is C40H45F2N5O4. The van der Waals surface area contributed by atoms with Crippen LogP contribution in [0, 0.1) is 24.1 Å². The van der Waals surface area contributed by atoms with Gasteiger partial charge in [-0.1, -0.05) is 71.9 Å². The fourth-order valence-electron chi connectivity index (χ4n) is 5.90. The summed E-state index contributed by atoms with van der Waals surface area (Å²) in [5.74, 6) is 3.14. The van der Waals surface area contributed by atoms with Gasteiger partial charge < -0.3 is 9.72 Å². The molecule has 0 spiro atoms. The van der Waals surface area contributed by atoms with Gasteiger partial charge in [-0.2, -0.15) is 10.2 Å². The Bertz CT molecular complexity index is 1950. The molecule has 11 heteroatoms. The van der Waals surface area contributed by atoms with Gasteiger partial charge in [-0.15, -0.1) is 0 Å². The van der Waals surface area contributed by atoms with E-state index in [-0.39, 0.29) is 22.7 Å².